The van der Waals surface area contributed by atoms with E-state index in [1.165, 1.54) is 0 Å². The average molecular weight is 399 g/mol. The van der Waals surface area contributed by atoms with Crippen molar-refractivity contribution in [1.29, 1.82) is 0 Å². The third kappa shape index (κ3) is 3.62. The molecule has 2 fully saturated rings. The highest BCUT2D eigenvalue weighted by molar-refractivity contribution is 6.30. The Morgan fingerprint density at radius 1 is 1.31 bits per heavy atom. The number of hydrogen-bond acceptors (Lipinski definition) is 6. The Hall–Kier alpha value is -1.18. The summed E-state index contributed by atoms with van der Waals surface area (Å²) in [5.74, 6) is 1.42. The van der Waals surface area contributed by atoms with Crippen molar-refractivity contribution in [2.75, 3.05) is 39.9 Å². The summed E-state index contributed by atoms with van der Waals surface area (Å²) >= 11 is 6.25. The van der Waals surface area contributed by atoms with Gasteiger partial charge in [0.05, 0.1) is 11.5 Å². The van der Waals surface area contributed by atoms with Crippen molar-refractivity contribution in [2.45, 2.75) is 24.3 Å². The lowest BCUT2D eigenvalue weighted by molar-refractivity contribution is 0.0523. The number of halogens is 2. The van der Waals surface area contributed by atoms with Crippen molar-refractivity contribution in [3.8, 4) is 0 Å². The number of ether oxygens (including phenoxy) is 1. The standard InChI is InChI=1S/C18H23ClN4O2.ClH/c1-23-8-7-20-12-15(23)16-21-17(25-22-16)18(5-9-24-10-6-18)13-3-2-4-14(19)11-13;/h2-4,11,15,20H,5-10,12H2,1H3;1H. The summed E-state index contributed by atoms with van der Waals surface area (Å²) in [5, 5.41) is 8.44. The number of piperazine rings is 1. The molecule has 3 heterocycles. The number of nitrogens with one attached hydrogen (secondary N) is 1. The molecule has 6 nitrogen and oxygen atoms in total. The predicted octanol–water partition coefficient (Wildman–Crippen LogP) is 2.82. The summed E-state index contributed by atoms with van der Waals surface area (Å²) in [6, 6.07) is 8.10. The molecule has 1 atom stereocenters. The smallest absolute Gasteiger partial charge is 0.237 e. The maximum atomic E-state index is 6.25. The van der Waals surface area contributed by atoms with E-state index in [4.69, 9.17) is 25.8 Å². The molecular formula is C18H24Cl2N4O2. The summed E-state index contributed by atoms with van der Waals surface area (Å²) in [6.45, 7) is 4.15. The third-order valence-electron chi connectivity index (χ3n) is 5.38. The number of rotatable bonds is 3. The zero-order valence-corrected chi connectivity index (χ0v) is 16.4. The van der Waals surface area contributed by atoms with Crippen molar-refractivity contribution in [1.82, 2.24) is 20.4 Å². The number of benzene rings is 1. The molecule has 0 amide bonds. The van der Waals surface area contributed by atoms with Crippen LogP contribution in [0.25, 0.3) is 0 Å². The highest BCUT2D eigenvalue weighted by Gasteiger charge is 2.42. The zero-order valence-electron chi connectivity index (χ0n) is 14.8. The van der Waals surface area contributed by atoms with E-state index >= 15 is 0 Å². The van der Waals surface area contributed by atoms with Crippen molar-refractivity contribution in [3.63, 3.8) is 0 Å². The van der Waals surface area contributed by atoms with E-state index in [2.05, 4.69) is 28.5 Å². The van der Waals surface area contributed by atoms with E-state index < -0.39 is 0 Å². The quantitative estimate of drug-likeness (QED) is 0.857. The molecule has 2 aromatic rings. The summed E-state index contributed by atoms with van der Waals surface area (Å²) in [6.07, 6.45) is 1.63. The van der Waals surface area contributed by atoms with Gasteiger partial charge in [0, 0.05) is 37.9 Å². The van der Waals surface area contributed by atoms with Crippen LogP contribution in [0.1, 0.15) is 36.2 Å². The van der Waals surface area contributed by atoms with Gasteiger partial charge in [0.25, 0.3) is 0 Å². The van der Waals surface area contributed by atoms with Gasteiger partial charge in [-0.2, -0.15) is 4.98 Å². The highest BCUT2D eigenvalue weighted by Crippen LogP contribution is 2.41. The van der Waals surface area contributed by atoms with Crippen LogP contribution in [0, 0.1) is 0 Å². The van der Waals surface area contributed by atoms with Crippen LogP contribution in [0.2, 0.25) is 5.02 Å². The summed E-state index contributed by atoms with van der Waals surface area (Å²) in [4.78, 5) is 7.09. The van der Waals surface area contributed by atoms with E-state index in [0.717, 1.165) is 48.9 Å². The molecule has 0 bridgehead atoms. The number of likely N-dealkylation sites (N-methyl/N-ethyl adjacent to an activating group) is 1. The lowest BCUT2D eigenvalue weighted by atomic mass is 9.74. The van der Waals surface area contributed by atoms with Crippen LogP contribution >= 0.6 is 24.0 Å². The molecule has 142 valence electrons. The van der Waals surface area contributed by atoms with Gasteiger partial charge < -0.3 is 14.6 Å². The van der Waals surface area contributed by atoms with Crippen LogP contribution in [0.15, 0.2) is 28.8 Å². The van der Waals surface area contributed by atoms with Gasteiger partial charge in [-0.05, 0) is 37.6 Å². The fraction of sp³-hybridized carbons (Fsp3) is 0.556. The Kier molecular flexibility index (Phi) is 6.20. The van der Waals surface area contributed by atoms with Crippen molar-refractivity contribution in [2.24, 2.45) is 0 Å². The Morgan fingerprint density at radius 2 is 2.12 bits per heavy atom. The largest absolute Gasteiger partial charge is 0.381 e. The average Bonchev–Trinajstić information content (AvgIpc) is 3.13. The van der Waals surface area contributed by atoms with Crippen LogP contribution in [0.5, 0.6) is 0 Å². The lowest BCUT2D eigenvalue weighted by Crippen LogP contribution is -2.44. The topological polar surface area (TPSA) is 63.4 Å². The summed E-state index contributed by atoms with van der Waals surface area (Å²) < 4.78 is 11.4. The van der Waals surface area contributed by atoms with E-state index in [1.807, 2.05) is 18.2 Å². The second-order valence-corrected chi connectivity index (χ2v) is 7.30. The molecule has 0 aliphatic carbocycles. The van der Waals surface area contributed by atoms with E-state index in [0.29, 0.717) is 19.1 Å². The molecule has 2 aliphatic heterocycles. The fourth-order valence-corrected chi connectivity index (χ4v) is 3.98. The van der Waals surface area contributed by atoms with Gasteiger partial charge in [0.1, 0.15) is 0 Å². The van der Waals surface area contributed by atoms with E-state index in [9.17, 15) is 0 Å². The van der Waals surface area contributed by atoms with Gasteiger partial charge in [-0.15, -0.1) is 12.4 Å². The monoisotopic (exact) mass is 398 g/mol. The van der Waals surface area contributed by atoms with Gasteiger partial charge >= 0.3 is 0 Å². The zero-order chi connectivity index (χ0) is 17.3. The molecule has 1 unspecified atom stereocenters. The molecule has 8 heteroatoms. The minimum atomic E-state index is -0.324. The first-order valence-corrected chi connectivity index (χ1v) is 9.16. The second kappa shape index (κ2) is 8.23. The number of hydrogen-bond donors (Lipinski definition) is 1. The molecule has 1 N–H and O–H groups in total. The first-order valence-electron chi connectivity index (χ1n) is 8.78. The summed E-state index contributed by atoms with van der Waals surface area (Å²) in [5.41, 5.74) is 0.795. The lowest BCUT2D eigenvalue weighted by Gasteiger charge is -2.34. The second-order valence-electron chi connectivity index (χ2n) is 6.86. The summed E-state index contributed by atoms with van der Waals surface area (Å²) in [7, 11) is 2.10. The minimum Gasteiger partial charge on any atom is -0.381 e. The van der Waals surface area contributed by atoms with Crippen LogP contribution in [-0.4, -0.2) is 54.9 Å². The van der Waals surface area contributed by atoms with Gasteiger partial charge in [0.15, 0.2) is 5.82 Å². The first kappa shape index (κ1) is 19.6. The molecule has 1 aromatic carbocycles. The van der Waals surface area contributed by atoms with Crippen LogP contribution in [0.3, 0.4) is 0 Å². The van der Waals surface area contributed by atoms with Crippen molar-refractivity contribution in [3.05, 3.63) is 46.6 Å². The highest BCUT2D eigenvalue weighted by atomic mass is 35.5. The Labute approximate surface area is 164 Å². The number of aromatic nitrogens is 2. The van der Waals surface area contributed by atoms with Gasteiger partial charge in [-0.1, -0.05) is 28.9 Å². The molecule has 1 aromatic heterocycles. The molecule has 0 radical (unpaired) electrons. The molecule has 4 rings (SSSR count). The molecule has 0 saturated carbocycles. The van der Waals surface area contributed by atoms with Crippen LogP contribution < -0.4 is 5.32 Å². The molecule has 2 aliphatic rings. The Morgan fingerprint density at radius 3 is 2.85 bits per heavy atom. The van der Waals surface area contributed by atoms with Gasteiger partial charge in [-0.25, -0.2) is 0 Å². The third-order valence-corrected chi connectivity index (χ3v) is 5.62. The normalized spacial score (nSPS) is 23.4. The predicted molar refractivity (Wildman–Crippen MR) is 102 cm³/mol. The van der Waals surface area contributed by atoms with E-state index in [1.54, 1.807) is 0 Å². The minimum absolute atomic E-state index is 0. The van der Waals surface area contributed by atoms with Crippen molar-refractivity contribution >= 4 is 24.0 Å². The molecule has 0 spiro atoms. The molecular weight excluding hydrogens is 375 g/mol. The maximum Gasteiger partial charge on any atom is 0.237 e. The SMILES string of the molecule is CN1CCNCC1c1noc(C2(c3cccc(Cl)c3)CCOCC2)n1.Cl. The fourth-order valence-electron chi connectivity index (χ4n) is 3.79. The van der Waals surface area contributed by atoms with Gasteiger partial charge in [0.2, 0.25) is 5.89 Å². The maximum absolute atomic E-state index is 6.25. The van der Waals surface area contributed by atoms with Crippen molar-refractivity contribution < 1.29 is 9.26 Å². The van der Waals surface area contributed by atoms with E-state index in [-0.39, 0.29) is 23.9 Å². The number of nitrogens with zero attached hydrogens (tertiary/aromatic N) is 3. The molecule has 2 saturated heterocycles. The van der Waals surface area contributed by atoms with Gasteiger partial charge in [-0.3, -0.25) is 4.90 Å². The Balaban J connectivity index is 0.00000196. The first-order chi connectivity index (χ1) is 12.2. The van der Waals surface area contributed by atoms with Crippen LogP contribution in [0.4, 0.5) is 0 Å². The molecule has 26 heavy (non-hydrogen) atoms. The van der Waals surface area contributed by atoms with Crippen LogP contribution in [-0.2, 0) is 10.2 Å². The Bertz CT molecular complexity index is 733.